The zero-order chi connectivity index (χ0) is 13.8. The highest BCUT2D eigenvalue weighted by Gasteiger charge is 2.10. The van der Waals surface area contributed by atoms with Crippen molar-refractivity contribution in [1.29, 1.82) is 0 Å². The van der Waals surface area contributed by atoms with Crippen LogP contribution in [0.25, 0.3) is 0 Å². The number of rotatable bonds is 3. The van der Waals surface area contributed by atoms with Gasteiger partial charge in [-0.1, -0.05) is 11.6 Å². The quantitative estimate of drug-likeness (QED) is 0.936. The number of nitrogens with one attached hydrogen (secondary N) is 1. The molecule has 5 heteroatoms. The summed E-state index contributed by atoms with van der Waals surface area (Å²) in [7, 11) is 1.55. The molecule has 4 nitrogen and oxygen atoms in total. The first kappa shape index (κ1) is 13.4. The molecular formula is C14H13ClN2O2. The largest absolute Gasteiger partial charge is 0.495 e. The number of hydrogen-bond donors (Lipinski definition) is 1. The molecule has 0 atom stereocenters. The Labute approximate surface area is 116 Å². The molecule has 0 saturated heterocycles. The smallest absolute Gasteiger partial charge is 0.255 e. The third-order valence-corrected chi connectivity index (χ3v) is 2.98. The molecule has 1 aromatic heterocycles. The number of benzene rings is 1. The van der Waals surface area contributed by atoms with Crippen molar-refractivity contribution in [3.8, 4) is 5.75 Å². The summed E-state index contributed by atoms with van der Waals surface area (Å²) in [6.07, 6.45) is 3.14. The summed E-state index contributed by atoms with van der Waals surface area (Å²) in [4.78, 5) is 15.9. The molecule has 0 saturated carbocycles. The normalized spacial score (nSPS) is 10.1. The Morgan fingerprint density at radius 1 is 1.32 bits per heavy atom. The number of aromatic nitrogens is 1. The standard InChI is InChI=1S/C14H13ClN2O2/c1-9-7-13(19-2)11(15)8-12(9)17-14(18)10-3-5-16-6-4-10/h3-8H,1-2H3,(H,17,18). The van der Waals surface area contributed by atoms with Gasteiger partial charge in [-0.3, -0.25) is 9.78 Å². The fourth-order valence-corrected chi connectivity index (χ4v) is 1.88. The number of halogens is 1. The van der Waals surface area contributed by atoms with E-state index in [4.69, 9.17) is 16.3 Å². The first-order chi connectivity index (χ1) is 9.11. The molecule has 0 aliphatic carbocycles. The SMILES string of the molecule is COc1cc(C)c(NC(=O)c2ccncc2)cc1Cl. The second-order valence-electron chi connectivity index (χ2n) is 3.99. The highest BCUT2D eigenvalue weighted by atomic mass is 35.5. The van der Waals surface area contributed by atoms with E-state index >= 15 is 0 Å². The molecule has 19 heavy (non-hydrogen) atoms. The summed E-state index contributed by atoms with van der Waals surface area (Å²) < 4.78 is 5.12. The van der Waals surface area contributed by atoms with Gasteiger partial charge in [-0.05, 0) is 36.8 Å². The Kier molecular flexibility index (Phi) is 4.02. The van der Waals surface area contributed by atoms with Crippen molar-refractivity contribution in [3.63, 3.8) is 0 Å². The summed E-state index contributed by atoms with van der Waals surface area (Å²) in [6.45, 7) is 1.88. The van der Waals surface area contributed by atoms with Gasteiger partial charge in [0.1, 0.15) is 5.75 Å². The van der Waals surface area contributed by atoms with Gasteiger partial charge in [-0.15, -0.1) is 0 Å². The van der Waals surface area contributed by atoms with Crippen LogP contribution in [0.1, 0.15) is 15.9 Å². The summed E-state index contributed by atoms with van der Waals surface area (Å²) in [5.74, 6) is 0.382. The number of carbonyl (C=O) groups is 1. The van der Waals surface area contributed by atoms with Crippen molar-refractivity contribution in [2.75, 3.05) is 12.4 Å². The average molecular weight is 277 g/mol. The van der Waals surface area contributed by atoms with Crippen LogP contribution in [0.15, 0.2) is 36.7 Å². The lowest BCUT2D eigenvalue weighted by Gasteiger charge is -2.11. The van der Waals surface area contributed by atoms with E-state index in [-0.39, 0.29) is 5.91 Å². The van der Waals surface area contributed by atoms with Gasteiger partial charge in [0.05, 0.1) is 12.1 Å². The second kappa shape index (κ2) is 5.71. The van der Waals surface area contributed by atoms with Gasteiger partial charge in [0.15, 0.2) is 0 Å². The van der Waals surface area contributed by atoms with E-state index in [0.717, 1.165) is 5.56 Å². The van der Waals surface area contributed by atoms with Gasteiger partial charge in [-0.25, -0.2) is 0 Å². The lowest BCUT2D eigenvalue weighted by molar-refractivity contribution is 0.102. The van der Waals surface area contributed by atoms with Gasteiger partial charge in [-0.2, -0.15) is 0 Å². The summed E-state index contributed by atoms with van der Waals surface area (Å²) in [6, 6.07) is 6.75. The molecule has 0 fully saturated rings. The second-order valence-corrected chi connectivity index (χ2v) is 4.40. The van der Waals surface area contributed by atoms with Crippen LogP contribution in [0.4, 0.5) is 5.69 Å². The lowest BCUT2D eigenvalue weighted by atomic mass is 10.1. The molecular weight excluding hydrogens is 264 g/mol. The Hall–Kier alpha value is -2.07. The minimum atomic E-state index is -0.202. The molecule has 1 N–H and O–H groups in total. The fourth-order valence-electron chi connectivity index (χ4n) is 1.64. The van der Waals surface area contributed by atoms with Gasteiger partial charge in [0, 0.05) is 23.6 Å². The van der Waals surface area contributed by atoms with Crippen LogP contribution < -0.4 is 10.1 Å². The topological polar surface area (TPSA) is 51.2 Å². The monoisotopic (exact) mass is 276 g/mol. The number of nitrogens with zero attached hydrogens (tertiary/aromatic N) is 1. The molecule has 0 spiro atoms. The van der Waals surface area contributed by atoms with Crippen LogP contribution in [-0.2, 0) is 0 Å². The minimum absolute atomic E-state index is 0.202. The van der Waals surface area contributed by atoms with Gasteiger partial charge in [0.2, 0.25) is 0 Å². The predicted molar refractivity (Wildman–Crippen MR) is 74.9 cm³/mol. The zero-order valence-electron chi connectivity index (χ0n) is 10.6. The van der Waals surface area contributed by atoms with E-state index in [1.54, 1.807) is 43.8 Å². The fraction of sp³-hybridized carbons (Fsp3) is 0.143. The Bertz CT molecular complexity index is 600. The van der Waals surface area contributed by atoms with Crippen molar-refractivity contribution in [2.24, 2.45) is 0 Å². The first-order valence-electron chi connectivity index (χ1n) is 5.67. The number of anilines is 1. The summed E-state index contributed by atoms with van der Waals surface area (Å²) in [5, 5.41) is 3.27. The molecule has 0 unspecified atom stereocenters. The number of hydrogen-bond acceptors (Lipinski definition) is 3. The molecule has 98 valence electrons. The van der Waals surface area contributed by atoms with E-state index < -0.39 is 0 Å². The third-order valence-electron chi connectivity index (χ3n) is 2.69. The number of amides is 1. The highest BCUT2D eigenvalue weighted by molar-refractivity contribution is 6.32. The van der Waals surface area contributed by atoms with Gasteiger partial charge < -0.3 is 10.1 Å². The van der Waals surface area contributed by atoms with Crippen molar-refractivity contribution < 1.29 is 9.53 Å². The molecule has 2 aromatic rings. The maximum atomic E-state index is 12.0. The molecule has 1 aromatic carbocycles. The van der Waals surface area contributed by atoms with Crippen molar-refractivity contribution in [3.05, 3.63) is 52.8 Å². The van der Waals surface area contributed by atoms with Crippen molar-refractivity contribution in [2.45, 2.75) is 6.92 Å². The van der Waals surface area contributed by atoms with Crippen molar-refractivity contribution in [1.82, 2.24) is 4.98 Å². The van der Waals surface area contributed by atoms with Crippen LogP contribution in [-0.4, -0.2) is 18.0 Å². The van der Waals surface area contributed by atoms with E-state index in [1.807, 2.05) is 6.92 Å². The van der Waals surface area contributed by atoms with E-state index in [1.165, 1.54) is 0 Å². The molecule has 1 heterocycles. The summed E-state index contributed by atoms with van der Waals surface area (Å²) >= 11 is 6.04. The number of pyridine rings is 1. The maximum absolute atomic E-state index is 12.0. The zero-order valence-corrected chi connectivity index (χ0v) is 11.4. The van der Waals surface area contributed by atoms with Gasteiger partial charge in [0.25, 0.3) is 5.91 Å². The molecule has 0 aliphatic heterocycles. The van der Waals surface area contributed by atoms with Crippen LogP contribution >= 0.6 is 11.6 Å². The number of carbonyl (C=O) groups excluding carboxylic acids is 1. The third kappa shape index (κ3) is 3.03. The molecule has 2 rings (SSSR count). The molecule has 0 aliphatic rings. The molecule has 0 bridgehead atoms. The number of aryl methyl sites for hydroxylation is 1. The predicted octanol–water partition coefficient (Wildman–Crippen LogP) is 3.30. The van der Waals surface area contributed by atoms with E-state index in [9.17, 15) is 4.79 Å². The van der Waals surface area contributed by atoms with Crippen LogP contribution in [0.2, 0.25) is 5.02 Å². The molecule has 1 amide bonds. The van der Waals surface area contributed by atoms with Crippen LogP contribution in [0, 0.1) is 6.92 Å². The van der Waals surface area contributed by atoms with Crippen LogP contribution in [0.5, 0.6) is 5.75 Å². The van der Waals surface area contributed by atoms with E-state index in [2.05, 4.69) is 10.3 Å². The minimum Gasteiger partial charge on any atom is -0.495 e. The molecule has 0 radical (unpaired) electrons. The highest BCUT2D eigenvalue weighted by Crippen LogP contribution is 2.30. The van der Waals surface area contributed by atoms with Gasteiger partial charge >= 0.3 is 0 Å². The number of ether oxygens (including phenoxy) is 1. The Morgan fingerprint density at radius 2 is 2.00 bits per heavy atom. The van der Waals surface area contributed by atoms with E-state index in [0.29, 0.717) is 22.0 Å². The number of methoxy groups -OCH3 is 1. The Morgan fingerprint density at radius 3 is 2.63 bits per heavy atom. The maximum Gasteiger partial charge on any atom is 0.255 e. The summed E-state index contributed by atoms with van der Waals surface area (Å²) in [5.41, 5.74) is 2.08. The first-order valence-corrected chi connectivity index (χ1v) is 6.05. The van der Waals surface area contributed by atoms with Crippen molar-refractivity contribution >= 4 is 23.2 Å². The lowest BCUT2D eigenvalue weighted by Crippen LogP contribution is -2.12. The van der Waals surface area contributed by atoms with Crippen LogP contribution in [0.3, 0.4) is 0 Å². The Balaban J connectivity index is 2.25. The average Bonchev–Trinajstić information content (AvgIpc) is 2.43.